The molecule has 0 aliphatic rings. The Kier molecular flexibility index (Phi) is 6.23. The molecule has 1 aromatic heterocycles. The van der Waals surface area contributed by atoms with Crippen LogP contribution in [-0.2, 0) is 9.53 Å². The van der Waals surface area contributed by atoms with Crippen LogP contribution in [0.25, 0.3) is 11.3 Å². The van der Waals surface area contributed by atoms with E-state index in [1.807, 2.05) is 36.6 Å². The normalized spacial score (nSPS) is 10.3. The van der Waals surface area contributed by atoms with Crippen molar-refractivity contribution in [1.29, 1.82) is 0 Å². The molecule has 2 aromatic carbocycles. The van der Waals surface area contributed by atoms with Crippen LogP contribution in [0.15, 0.2) is 53.9 Å². The number of aromatic nitrogens is 1. The first-order chi connectivity index (χ1) is 13.5. The maximum Gasteiger partial charge on any atom is 0.338 e. The highest BCUT2D eigenvalue weighted by Gasteiger charge is 2.12. The molecule has 3 rings (SSSR count). The lowest BCUT2D eigenvalue weighted by Crippen LogP contribution is -2.20. The Morgan fingerprint density at radius 3 is 2.50 bits per heavy atom. The molecule has 3 aromatic rings. The standard InChI is InChI=1S/C20H19N3O4S/c1-2-26-16-9-5-13(6-10-16)17-12-28-20(22-17)23-18(24)11-27-19(25)14-3-7-15(21)8-4-14/h3-10,12H,2,11,21H2,1H3,(H,22,23,24). The summed E-state index contributed by atoms with van der Waals surface area (Å²) in [5.41, 5.74) is 8.09. The lowest BCUT2D eigenvalue weighted by atomic mass is 10.2. The molecule has 0 spiro atoms. The highest BCUT2D eigenvalue weighted by atomic mass is 32.1. The second kappa shape index (κ2) is 9.01. The number of benzene rings is 2. The monoisotopic (exact) mass is 397 g/mol. The summed E-state index contributed by atoms with van der Waals surface area (Å²) < 4.78 is 10.4. The summed E-state index contributed by atoms with van der Waals surface area (Å²) >= 11 is 1.29. The molecule has 1 heterocycles. The van der Waals surface area contributed by atoms with Crippen molar-refractivity contribution in [3.8, 4) is 17.0 Å². The summed E-state index contributed by atoms with van der Waals surface area (Å²) in [5, 5.41) is 4.89. The van der Waals surface area contributed by atoms with Crippen molar-refractivity contribution >= 4 is 34.0 Å². The van der Waals surface area contributed by atoms with E-state index >= 15 is 0 Å². The van der Waals surface area contributed by atoms with Gasteiger partial charge in [0.1, 0.15) is 5.75 Å². The molecular formula is C20H19N3O4S. The van der Waals surface area contributed by atoms with E-state index in [4.69, 9.17) is 15.2 Å². The van der Waals surface area contributed by atoms with Gasteiger partial charge in [0.25, 0.3) is 5.91 Å². The number of nitrogen functional groups attached to an aromatic ring is 1. The molecule has 144 valence electrons. The Morgan fingerprint density at radius 2 is 1.82 bits per heavy atom. The first-order valence-corrected chi connectivity index (χ1v) is 9.44. The zero-order valence-corrected chi connectivity index (χ0v) is 16.0. The number of rotatable bonds is 7. The molecule has 7 nitrogen and oxygen atoms in total. The molecule has 0 saturated heterocycles. The minimum atomic E-state index is -0.593. The van der Waals surface area contributed by atoms with Crippen LogP contribution in [0.3, 0.4) is 0 Å². The number of hydrogen-bond acceptors (Lipinski definition) is 7. The zero-order valence-electron chi connectivity index (χ0n) is 15.2. The Hall–Kier alpha value is -3.39. The Labute approximate surface area is 166 Å². The third kappa shape index (κ3) is 5.08. The highest BCUT2D eigenvalue weighted by molar-refractivity contribution is 7.14. The highest BCUT2D eigenvalue weighted by Crippen LogP contribution is 2.26. The van der Waals surface area contributed by atoms with Crippen LogP contribution in [0.5, 0.6) is 5.75 Å². The van der Waals surface area contributed by atoms with Gasteiger partial charge in [-0.3, -0.25) is 10.1 Å². The Balaban J connectivity index is 1.53. The smallest absolute Gasteiger partial charge is 0.338 e. The van der Waals surface area contributed by atoms with Crippen molar-refractivity contribution in [3.05, 3.63) is 59.5 Å². The molecule has 1 amide bonds. The quantitative estimate of drug-likeness (QED) is 0.466. The number of carbonyl (C=O) groups is 2. The molecule has 0 atom stereocenters. The van der Waals surface area contributed by atoms with Crippen LogP contribution in [-0.4, -0.2) is 30.1 Å². The number of ether oxygens (including phenoxy) is 2. The molecule has 0 fully saturated rings. The molecule has 8 heteroatoms. The number of esters is 1. The van der Waals surface area contributed by atoms with Crippen LogP contribution < -0.4 is 15.8 Å². The number of amides is 1. The van der Waals surface area contributed by atoms with Crippen molar-refractivity contribution in [2.75, 3.05) is 24.3 Å². The van der Waals surface area contributed by atoms with Gasteiger partial charge in [0.05, 0.1) is 17.9 Å². The van der Waals surface area contributed by atoms with Gasteiger partial charge in [-0.25, -0.2) is 9.78 Å². The van der Waals surface area contributed by atoms with E-state index in [1.54, 1.807) is 24.3 Å². The minimum Gasteiger partial charge on any atom is -0.494 e. The largest absolute Gasteiger partial charge is 0.494 e. The Morgan fingerprint density at radius 1 is 1.11 bits per heavy atom. The number of nitrogens with two attached hydrogens (primary N) is 1. The van der Waals surface area contributed by atoms with E-state index in [0.717, 1.165) is 17.0 Å². The van der Waals surface area contributed by atoms with E-state index in [9.17, 15) is 9.59 Å². The van der Waals surface area contributed by atoms with E-state index < -0.39 is 18.5 Å². The van der Waals surface area contributed by atoms with Crippen molar-refractivity contribution in [3.63, 3.8) is 0 Å². The SMILES string of the molecule is CCOc1ccc(-c2csc(NC(=O)COC(=O)c3ccc(N)cc3)n2)cc1. The molecule has 0 aliphatic heterocycles. The maximum atomic E-state index is 12.0. The fourth-order valence-electron chi connectivity index (χ4n) is 2.34. The molecule has 3 N–H and O–H groups in total. The van der Waals surface area contributed by atoms with Crippen molar-refractivity contribution < 1.29 is 19.1 Å². The molecule has 0 bridgehead atoms. The van der Waals surface area contributed by atoms with Crippen molar-refractivity contribution in [1.82, 2.24) is 4.98 Å². The van der Waals surface area contributed by atoms with Gasteiger partial charge in [-0.05, 0) is 55.5 Å². The van der Waals surface area contributed by atoms with Crippen molar-refractivity contribution in [2.24, 2.45) is 0 Å². The van der Waals surface area contributed by atoms with Gasteiger partial charge in [-0.1, -0.05) is 0 Å². The minimum absolute atomic E-state index is 0.328. The van der Waals surface area contributed by atoms with Gasteiger partial charge < -0.3 is 15.2 Å². The van der Waals surface area contributed by atoms with Gasteiger partial charge in [0.2, 0.25) is 0 Å². The number of nitrogens with one attached hydrogen (secondary N) is 1. The molecule has 0 unspecified atom stereocenters. The lowest BCUT2D eigenvalue weighted by Gasteiger charge is -2.05. The second-order valence-corrected chi connectivity index (χ2v) is 6.60. The van der Waals surface area contributed by atoms with Crippen LogP contribution in [0.2, 0.25) is 0 Å². The van der Waals surface area contributed by atoms with Gasteiger partial charge in [0.15, 0.2) is 11.7 Å². The topological polar surface area (TPSA) is 104 Å². The van der Waals surface area contributed by atoms with Gasteiger partial charge >= 0.3 is 5.97 Å². The fourth-order valence-corrected chi connectivity index (χ4v) is 3.08. The summed E-state index contributed by atoms with van der Waals surface area (Å²) in [7, 11) is 0. The van der Waals surface area contributed by atoms with Crippen LogP contribution in [0.1, 0.15) is 17.3 Å². The number of anilines is 2. The molecule has 0 radical (unpaired) electrons. The molecular weight excluding hydrogens is 378 g/mol. The first kappa shape index (κ1) is 19.4. The number of nitrogens with zero attached hydrogens (tertiary/aromatic N) is 1. The van der Waals surface area contributed by atoms with E-state index in [-0.39, 0.29) is 0 Å². The van der Waals surface area contributed by atoms with Crippen molar-refractivity contribution in [2.45, 2.75) is 6.92 Å². The zero-order chi connectivity index (χ0) is 19.9. The summed E-state index contributed by atoms with van der Waals surface area (Å²) in [6.45, 7) is 2.13. The third-order valence-corrected chi connectivity index (χ3v) is 4.45. The average molecular weight is 397 g/mol. The predicted octanol–water partition coefficient (Wildman–Crippen LogP) is 3.59. The first-order valence-electron chi connectivity index (χ1n) is 8.56. The average Bonchev–Trinajstić information content (AvgIpc) is 3.16. The van der Waals surface area contributed by atoms with Crippen LogP contribution >= 0.6 is 11.3 Å². The van der Waals surface area contributed by atoms with Gasteiger partial charge in [-0.15, -0.1) is 11.3 Å². The van der Waals surface area contributed by atoms with Gasteiger partial charge in [-0.2, -0.15) is 0 Å². The second-order valence-electron chi connectivity index (χ2n) is 5.74. The summed E-state index contributed by atoms with van der Waals surface area (Å²) in [4.78, 5) is 28.3. The summed E-state index contributed by atoms with van der Waals surface area (Å²) in [6.07, 6.45) is 0. The summed E-state index contributed by atoms with van der Waals surface area (Å²) in [6, 6.07) is 13.8. The van der Waals surface area contributed by atoms with E-state index in [1.165, 1.54) is 11.3 Å². The summed E-state index contributed by atoms with van der Waals surface area (Å²) in [5.74, 6) is -0.265. The van der Waals surface area contributed by atoms with Crippen LogP contribution in [0, 0.1) is 0 Å². The molecule has 0 aliphatic carbocycles. The number of hydrogen-bond donors (Lipinski definition) is 2. The number of thiazole rings is 1. The third-order valence-electron chi connectivity index (χ3n) is 3.69. The predicted molar refractivity (Wildman–Crippen MR) is 108 cm³/mol. The van der Waals surface area contributed by atoms with E-state index in [2.05, 4.69) is 10.3 Å². The lowest BCUT2D eigenvalue weighted by molar-refractivity contribution is -0.119. The number of carbonyl (C=O) groups excluding carboxylic acids is 2. The fraction of sp³-hybridized carbons (Fsp3) is 0.150. The molecule has 0 saturated carbocycles. The van der Waals surface area contributed by atoms with Crippen LogP contribution in [0.4, 0.5) is 10.8 Å². The Bertz CT molecular complexity index is 952. The van der Waals surface area contributed by atoms with E-state index in [0.29, 0.717) is 23.0 Å². The van der Waals surface area contributed by atoms with Gasteiger partial charge in [0, 0.05) is 16.6 Å². The molecule has 28 heavy (non-hydrogen) atoms. The maximum absolute atomic E-state index is 12.0.